The second-order valence-corrected chi connectivity index (χ2v) is 7.91. The van der Waals surface area contributed by atoms with Crippen LogP contribution in [0.25, 0.3) is 0 Å². The molecule has 1 atom stereocenters. The van der Waals surface area contributed by atoms with Crippen LogP contribution in [0.2, 0.25) is 0 Å². The smallest absolute Gasteiger partial charge is 0.341 e. The number of methoxy groups -OCH3 is 2. The number of nitrogens with one attached hydrogen (secondary N) is 1. The third-order valence-corrected chi connectivity index (χ3v) is 6.07. The molecule has 0 spiro atoms. The highest BCUT2D eigenvalue weighted by Crippen LogP contribution is 2.40. The van der Waals surface area contributed by atoms with Crippen molar-refractivity contribution in [2.24, 2.45) is 5.92 Å². The topological polar surface area (TPSA) is 73.9 Å². The van der Waals surface area contributed by atoms with Gasteiger partial charge in [0.15, 0.2) is 11.5 Å². The normalized spacial score (nSPS) is 15.5. The number of aryl methyl sites for hydroxylation is 1. The fourth-order valence-electron chi connectivity index (χ4n) is 3.42. The van der Waals surface area contributed by atoms with E-state index in [0.717, 1.165) is 29.7 Å². The van der Waals surface area contributed by atoms with Crippen molar-refractivity contribution in [2.75, 3.05) is 26.1 Å². The summed E-state index contributed by atoms with van der Waals surface area (Å²) >= 11 is 1.47. The molecule has 2 aromatic rings. The van der Waals surface area contributed by atoms with Gasteiger partial charge in [0, 0.05) is 10.4 Å². The predicted octanol–water partition coefficient (Wildman–Crippen LogP) is 4.32. The molecule has 1 heterocycles. The maximum absolute atomic E-state index is 12.8. The van der Waals surface area contributed by atoms with Crippen LogP contribution in [-0.2, 0) is 17.6 Å². The summed E-state index contributed by atoms with van der Waals surface area (Å²) in [4.78, 5) is 26.6. The Morgan fingerprint density at radius 2 is 1.96 bits per heavy atom. The highest BCUT2D eigenvalue weighted by Gasteiger charge is 2.29. The van der Waals surface area contributed by atoms with Crippen molar-refractivity contribution in [2.45, 2.75) is 33.1 Å². The molecule has 0 fully saturated rings. The first kappa shape index (κ1) is 20.2. The van der Waals surface area contributed by atoms with E-state index in [1.54, 1.807) is 32.2 Å². The van der Waals surface area contributed by atoms with Gasteiger partial charge >= 0.3 is 5.97 Å². The summed E-state index contributed by atoms with van der Waals surface area (Å²) in [5.41, 5.74) is 1.94. The Labute approximate surface area is 168 Å². The zero-order chi connectivity index (χ0) is 20.3. The van der Waals surface area contributed by atoms with Crippen LogP contribution in [0, 0.1) is 5.92 Å². The fraction of sp³-hybridized carbons (Fsp3) is 0.429. The van der Waals surface area contributed by atoms with E-state index in [-0.39, 0.29) is 11.9 Å². The number of ether oxygens (including phenoxy) is 3. The molecular weight excluding hydrogens is 378 g/mol. The van der Waals surface area contributed by atoms with E-state index in [4.69, 9.17) is 14.2 Å². The molecule has 0 saturated carbocycles. The number of hydrogen-bond acceptors (Lipinski definition) is 6. The molecule has 0 aliphatic heterocycles. The van der Waals surface area contributed by atoms with Crippen molar-refractivity contribution in [1.82, 2.24) is 0 Å². The quantitative estimate of drug-likeness (QED) is 0.727. The van der Waals surface area contributed by atoms with E-state index in [1.165, 1.54) is 18.4 Å². The average Bonchev–Trinajstić information content (AvgIpc) is 3.04. The molecule has 0 bridgehead atoms. The Morgan fingerprint density at radius 3 is 2.64 bits per heavy atom. The van der Waals surface area contributed by atoms with E-state index in [9.17, 15) is 9.59 Å². The fourth-order valence-corrected chi connectivity index (χ4v) is 4.65. The van der Waals surface area contributed by atoms with Gasteiger partial charge in [0.05, 0.1) is 26.4 Å². The zero-order valence-electron chi connectivity index (χ0n) is 16.6. The highest BCUT2D eigenvalue weighted by molar-refractivity contribution is 7.17. The Kier molecular flexibility index (Phi) is 6.24. The molecular formula is C21H25NO5S. The Bertz CT molecular complexity index is 889. The number of anilines is 1. The summed E-state index contributed by atoms with van der Waals surface area (Å²) in [5, 5.41) is 3.46. The monoisotopic (exact) mass is 403 g/mol. The molecule has 0 radical (unpaired) electrons. The largest absolute Gasteiger partial charge is 0.493 e. The van der Waals surface area contributed by atoms with Crippen LogP contribution in [0.5, 0.6) is 11.5 Å². The Morgan fingerprint density at radius 1 is 1.21 bits per heavy atom. The number of hydrogen-bond donors (Lipinski definition) is 1. The van der Waals surface area contributed by atoms with Gasteiger partial charge in [-0.3, -0.25) is 4.79 Å². The Hall–Kier alpha value is -2.54. The third-order valence-electron chi connectivity index (χ3n) is 4.86. The van der Waals surface area contributed by atoms with Crippen molar-refractivity contribution in [3.63, 3.8) is 0 Å². The van der Waals surface area contributed by atoms with Crippen LogP contribution in [0.4, 0.5) is 5.00 Å². The van der Waals surface area contributed by atoms with E-state index in [2.05, 4.69) is 12.2 Å². The lowest BCUT2D eigenvalue weighted by atomic mass is 9.88. The van der Waals surface area contributed by atoms with Crippen molar-refractivity contribution in [1.29, 1.82) is 0 Å². The molecule has 28 heavy (non-hydrogen) atoms. The van der Waals surface area contributed by atoms with E-state index in [1.807, 2.05) is 0 Å². The van der Waals surface area contributed by atoms with E-state index < -0.39 is 0 Å². The van der Waals surface area contributed by atoms with Gasteiger partial charge in [-0.2, -0.15) is 0 Å². The maximum Gasteiger partial charge on any atom is 0.341 e. The van der Waals surface area contributed by atoms with Gasteiger partial charge in [0.1, 0.15) is 5.00 Å². The predicted molar refractivity (Wildman–Crippen MR) is 109 cm³/mol. The van der Waals surface area contributed by atoms with Crippen LogP contribution in [0.1, 0.15) is 51.4 Å². The van der Waals surface area contributed by atoms with Crippen molar-refractivity contribution >= 4 is 28.2 Å². The first-order chi connectivity index (χ1) is 13.5. The van der Waals surface area contributed by atoms with Gasteiger partial charge in [-0.05, 0) is 55.9 Å². The minimum atomic E-state index is -0.378. The summed E-state index contributed by atoms with van der Waals surface area (Å²) in [5.74, 6) is 0.839. The van der Waals surface area contributed by atoms with Gasteiger partial charge < -0.3 is 19.5 Å². The van der Waals surface area contributed by atoms with Crippen LogP contribution >= 0.6 is 11.3 Å². The molecule has 7 heteroatoms. The SMILES string of the molecule is CCOC(=O)c1c(NC(=O)c2ccc(OC)c(OC)c2)sc2c1C[C@H](C)CC2. The minimum Gasteiger partial charge on any atom is -0.493 e. The molecule has 6 nitrogen and oxygen atoms in total. The first-order valence-corrected chi connectivity index (χ1v) is 10.1. The molecule has 150 valence electrons. The molecule has 1 aliphatic rings. The van der Waals surface area contributed by atoms with Crippen LogP contribution in [0.15, 0.2) is 18.2 Å². The highest BCUT2D eigenvalue weighted by atomic mass is 32.1. The maximum atomic E-state index is 12.8. The number of thiophene rings is 1. The van der Waals surface area contributed by atoms with Gasteiger partial charge in [0.2, 0.25) is 0 Å². The molecule has 1 aliphatic carbocycles. The van der Waals surface area contributed by atoms with Crippen LogP contribution in [0.3, 0.4) is 0 Å². The number of carbonyl (C=O) groups excluding carboxylic acids is 2. The molecule has 0 unspecified atom stereocenters. The Balaban J connectivity index is 1.93. The van der Waals surface area contributed by atoms with E-state index in [0.29, 0.717) is 40.2 Å². The minimum absolute atomic E-state index is 0.294. The van der Waals surface area contributed by atoms with Gasteiger partial charge in [-0.1, -0.05) is 6.92 Å². The van der Waals surface area contributed by atoms with Gasteiger partial charge in [-0.15, -0.1) is 11.3 Å². The van der Waals surface area contributed by atoms with E-state index >= 15 is 0 Å². The standard InChI is InChI=1S/C21H25NO5S/c1-5-27-21(24)18-14-10-12(2)6-9-17(14)28-20(18)22-19(23)13-7-8-15(25-3)16(11-13)26-4/h7-8,11-12H,5-6,9-10H2,1-4H3,(H,22,23)/t12-/m1/s1. The average molecular weight is 404 g/mol. The van der Waals surface area contributed by atoms with Crippen molar-refractivity contribution < 1.29 is 23.8 Å². The first-order valence-electron chi connectivity index (χ1n) is 9.33. The molecule has 3 rings (SSSR count). The van der Waals surface area contributed by atoms with Crippen LogP contribution < -0.4 is 14.8 Å². The molecule has 0 saturated heterocycles. The third kappa shape index (κ3) is 3.99. The van der Waals surface area contributed by atoms with Gasteiger partial charge in [0.25, 0.3) is 5.91 Å². The number of esters is 1. The number of carbonyl (C=O) groups is 2. The number of benzene rings is 1. The molecule has 1 aromatic heterocycles. The van der Waals surface area contributed by atoms with Crippen molar-refractivity contribution in [3.8, 4) is 11.5 Å². The number of rotatable bonds is 6. The summed E-state index contributed by atoms with van der Waals surface area (Å²) in [7, 11) is 3.06. The summed E-state index contributed by atoms with van der Waals surface area (Å²) < 4.78 is 15.8. The summed E-state index contributed by atoms with van der Waals surface area (Å²) in [6.07, 6.45) is 2.82. The second-order valence-electron chi connectivity index (χ2n) is 6.80. The lowest BCUT2D eigenvalue weighted by Crippen LogP contribution is -2.17. The summed E-state index contributed by atoms with van der Waals surface area (Å²) in [6, 6.07) is 4.96. The molecule has 1 amide bonds. The second kappa shape index (κ2) is 8.65. The zero-order valence-corrected chi connectivity index (χ0v) is 17.4. The number of amides is 1. The van der Waals surface area contributed by atoms with Crippen molar-refractivity contribution in [3.05, 3.63) is 39.8 Å². The summed E-state index contributed by atoms with van der Waals surface area (Å²) in [6.45, 7) is 4.25. The van der Waals surface area contributed by atoms with Gasteiger partial charge in [-0.25, -0.2) is 4.79 Å². The lowest BCUT2D eigenvalue weighted by molar-refractivity contribution is 0.0526. The van der Waals surface area contributed by atoms with Crippen LogP contribution in [-0.4, -0.2) is 32.7 Å². The molecule has 1 N–H and O–H groups in total. The molecule has 1 aromatic carbocycles. The number of fused-ring (bicyclic) bond motifs is 1. The lowest BCUT2D eigenvalue weighted by Gasteiger charge is -2.18.